The second-order valence-electron chi connectivity index (χ2n) is 3.70. The highest BCUT2D eigenvalue weighted by Gasteiger charge is 1.88. The summed E-state index contributed by atoms with van der Waals surface area (Å²) in [6.07, 6.45) is 7.51. The second kappa shape index (κ2) is 5.58. The van der Waals surface area contributed by atoms with E-state index in [4.69, 9.17) is 0 Å². The Morgan fingerprint density at radius 3 is 2.54 bits per heavy atom. The predicted molar refractivity (Wildman–Crippen MR) is 57.4 cm³/mol. The lowest BCUT2D eigenvalue weighted by Gasteiger charge is -1.96. The van der Waals surface area contributed by atoms with Crippen molar-refractivity contribution < 1.29 is 0 Å². The average Bonchev–Trinajstić information content (AvgIpc) is 2.14. The fourth-order valence-electron chi connectivity index (χ4n) is 1.12. The Labute approximate surface area is 81.3 Å². The molecule has 0 unspecified atom stereocenters. The normalized spacial score (nSPS) is 11.3. The minimum absolute atomic E-state index is 0.715. The van der Waals surface area contributed by atoms with E-state index in [9.17, 15) is 0 Å². The Kier molecular flexibility index (Phi) is 4.31. The largest absolute Gasteiger partial charge is 0.0766 e. The van der Waals surface area contributed by atoms with Gasteiger partial charge in [-0.25, -0.2) is 0 Å². The van der Waals surface area contributed by atoms with Crippen LogP contribution in [0.15, 0.2) is 36.4 Å². The van der Waals surface area contributed by atoms with Crippen LogP contribution in [0.2, 0.25) is 0 Å². The van der Waals surface area contributed by atoms with Crippen LogP contribution in [0, 0.1) is 12.0 Å². The zero-order valence-corrected chi connectivity index (χ0v) is 8.46. The Hall–Kier alpha value is -1.04. The van der Waals surface area contributed by atoms with Crippen LogP contribution in [0.3, 0.4) is 0 Å². The molecular weight excluding hydrogens is 156 g/mol. The van der Waals surface area contributed by atoms with Crippen LogP contribution in [0.25, 0.3) is 0 Å². The van der Waals surface area contributed by atoms with Gasteiger partial charge in [-0.2, -0.15) is 0 Å². The number of allylic oxidation sites excluding steroid dienone is 2. The molecule has 0 atom stereocenters. The molecule has 0 nitrogen and oxygen atoms in total. The summed E-state index contributed by atoms with van der Waals surface area (Å²) in [5.41, 5.74) is 1.36. The first-order valence-electron chi connectivity index (χ1n) is 4.88. The average molecular weight is 173 g/mol. The van der Waals surface area contributed by atoms with E-state index in [0.717, 1.165) is 12.8 Å². The van der Waals surface area contributed by atoms with E-state index >= 15 is 0 Å². The lowest BCUT2D eigenvalue weighted by atomic mass is 10.1. The summed E-state index contributed by atoms with van der Waals surface area (Å²) < 4.78 is 0. The van der Waals surface area contributed by atoms with Crippen LogP contribution in [-0.4, -0.2) is 0 Å². The van der Waals surface area contributed by atoms with E-state index in [-0.39, 0.29) is 0 Å². The zero-order chi connectivity index (χ0) is 9.52. The van der Waals surface area contributed by atoms with Crippen molar-refractivity contribution in [1.29, 1.82) is 0 Å². The van der Waals surface area contributed by atoms with E-state index in [1.165, 1.54) is 5.56 Å². The van der Waals surface area contributed by atoms with Crippen molar-refractivity contribution in [1.82, 2.24) is 0 Å². The third kappa shape index (κ3) is 4.51. The molecule has 1 rings (SSSR count). The fraction of sp³-hybridized carbons (Fsp3) is 0.385. The van der Waals surface area contributed by atoms with Crippen molar-refractivity contribution >= 4 is 0 Å². The number of hydrogen-bond donors (Lipinski definition) is 0. The molecule has 0 aliphatic rings. The third-order valence-corrected chi connectivity index (χ3v) is 1.85. The van der Waals surface area contributed by atoms with Gasteiger partial charge in [0.25, 0.3) is 0 Å². The monoisotopic (exact) mass is 173 g/mol. The van der Waals surface area contributed by atoms with Crippen LogP contribution in [0.1, 0.15) is 25.8 Å². The van der Waals surface area contributed by atoms with Crippen LogP contribution < -0.4 is 0 Å². The summed E-state index contributed by atoms with van der Waals surface area (Å²) >= 11 is 0. The third-order valence-electron chi connectivity index (χ3n) is 1.85. The molecule has 0 heteroatoms. The highest BCUT2D eigenvalue weighted by molar-refractivity contribution is 5.16. The molecule has 1 aromatic rings. The highest BCUT2D eigenvalue weighted by Crippen LogP contribution is 2.02. The molecule has 1 aromatic carbocycles. The zero-order valence-electron chi connectivity index (χ0n) is 8.46. The van der Waals surface area contributed by atoms with Crippen LogP contribution in [0.4, 0.5) is 0 Å². The van der Waals surface area contributed by atoms with Gasteiger partial charge in [0.1, 0.15) is 0 Å². The van der Waals surface area contributed by atoms with Gasteiger partial charge >= 0.3 is 0 Å². The van der Waals surface area contributed by atoms with Crippen LogP contribution in [-0.2, 0) is 6.42 Å². The molecule has 0 fully saturated rings. The summed E-state index contributed by atoms with van der Waals surface area (Å²) in [4.78, 5) is 0. The molecule has 0 aliphatic heterocycles. The van der Waals surface area contributed by atoms with E-state index in [1.54, 1.807) is 0 Å². The number of rotatable bonds is 4. The van der Waals surface area contributed by atoms with Crippen molar-refractivity contribution in [2.24, 2.45) is 5.92 Å². The number of hydrogen-bond acceptors (Lipinski definition) is 0. The first-order valence-corrected chi connectivity index (χ1v) is 4.88. The Balaban J connectivity index is 2.31. The van der Waals surface area contributed by atoms with E-state index < -0.39 is 0 Å². The molecule has 1 radical (unpaired) electrons. The van der Waals surface area contributed by atoms with Gasteiger partial charge in [-0.05, 0) is 30.4 Å². The quantitative estimate of drug-likeness (QED) is 0.652. The lowest BCUT2D eigenvalue weighted by Crippen LogP contribution is -1.83. The standard InChI is InChI=1S/C13H17/c1-12(2)8-6-7-11-13-9-4-3-5-10-13/h3-5,7,9-10,12H,8,11H2,1-2H3. The van der Waals surface area contributed by atoms with Gasteiger partial charge in [0.15, 0.2) is 0 Å². The SMILES string of the molecule is CC(C)C[C]=CCc1ccccc1. The first-order chi connectivity index (χ1) is 6.29. The summed E-state index contributed by atoms with van der Waals surface area (Å²) in [5, 5.41) is 0. The molecule has 0 bridgehead atoms. The van der Waals surface area contributed by atoms with E-state index in [1.807, 2.05) is 6.07 Å². The molecule has 0 aromatic heterocycles. The maximum Gasteiger partial charge on any atom is -0.00915 e. The van der Waals surface area contributed by atoms with Gasteiger partial charge in [-0.1, -0.05) is 50.3 Å². The van der Waals surface area contributed by atoms with Crippen molar-refractivity contribution in [2.75, 3.05) is 0 Å². The van der Waals surface area contributed by atoms with E-state index in [2.05, 4.69) is 50.3 Å². The molecule has 0 N–H and O–H groups in total. The van der Waals surface area contributed by atoms with E-state index in [0.29, 0.717) is 5.92 Å². The molecule has 0 aliphatic carbocycles. The molecule has 0 amide bonds. The van der Waals surface area contributed by atoms with Crippen molar-refractivity contribution in [3.8, 4) is 0 Å². The lowest BCUT2D eigenvalue weighted by molar-refractivity contribution is 0.653. The van der Waals surface area contributed by atoms with Gasteiger partial charge < -0.3 is 0 Å². The molecular formula is C13H17. The van der Waals surface area contributed by atoms with Gasteiger partial charge in [0.2, 0.25) is 0 Å². The van der Waals surface area contributed by atoms with Gasteiger partial charge in [-0.15, -0.1) is 0 Å². The molecule has 0 heterocycles. The highest BCUT2D eigenvalue weighted by atomic mass is 13.9. The van der Waals surface area contributed by atoms with Crippen molar-refractivity contribution in [3.05, 3.63) is 48.0 Å². The van der Waals surface area contributed by atoms with Crippen LogP contribution in [0.5, 0.6) is 0 Å². The van der Waals surface area contributed by atoms with Crippen LogP contribution >= 0.6 is 0 Å². The molecule has 0 saturated carbocycles. The Bertz CT molecular complexity index is 244. The first kappa shape index (κ1) is 10.0. The maximum absolute atomic E-state index is 3.31. The summed E-state index contributed by atoms with van der Waals surface area (Å²) in [7, 11) is 0. The second-order valence-corrected chi connectivity index (χ2v) is 3.70. The minimum atomic E-state index is 0.715. The van der Waals surface area contributed by atoms with Crippen molar-refractivity contribution in [3.63, 3.8) is 0 Å². The topological polar surface area (TPSA) is 0 Å². The molecule has 0 saturated heterocycles. The van der Waals surface area contributed by atoms with Crippen molar-refractivity contribution in [2.45, 2.75) is 26.7 Å². The molecule has 0 spiro atoms. The van der Waals surface area contributed by atoms with Gasteiger partial charge in [0, 0.05) is 0 Å². The molecule has 69 valence electrons. The summed E-state index contributed by atoms with van der Waals surface area (Å²) in [6, 6.07) is 10.5. The predicted octanol–water partition coefficient (Wildman–Crippen LogP) is 3.63. The smallest absolute Gasteiger partial charge is 0.00915 e. The van der Waals surface area contributed by atoms with Gasteiger partial charge in [-0.3, -0.25) is 0 Å². The minimum Gasteiger partial charge on any atom is -0.0766 e. The maximum atomic E-state index is 3.31. The fourth-order valence-corrected chi connectivity index (χ4v) is 1.12. The Morgan fingerprint density at radius 1 is 1.23 bits per heavy atom. The number of benzene rings is 1. The summed E-state index contributed by atoms with van der Waals surface area (Å²) in [6.45, 7) is 4.42. The molecule has 13 heavy (non-hydrogen) atoms. The summed E-state index contributed by atoms with van der Waals surface area (Å²) in [5.74, 6) is 0.715. The van der Waals surface area contributed by atoms with Gasteiger partial charge in [0.05, 0.1) is 0 Å². The Morgan fingerprint density at radius 2 is 1.92 bits per heavy atom.